The Morgan fingerprint density at radius 3 is 2.27 bits per heavy atom. The van der Waals surface area contributed by atoms with Crippen LogP contribution in [-0.2, 0) is 4.74 Å². The highest BCUT2D eigenvalue weighted by atomic mass is 16.5. The number of pyridine rings is 1. The van der Waals surface area contributed by atoms with Crippen LogP contribution in [0.2, 0.25) is 0 Å². The molecule has 30 heavy (non-hydrogen) atoms. The van der Waals surface area contributed by atoms with Gasteiger partial charge < -0.3 is 4.74 Å². The Balaban J connectivity index is 1.66. The van der Waals surface area contributed by atoms with Crippen LogP contribution in [0.3, 0.4) is 0 Å². The van der Waals surface area contributed by atoms with Gasteiger partial charge in [0, 0.05) is 11.8 Å². The van der Waals surface area contributed by atoms with Gasteiger partial charge in [0.1, 0.15) is 0 Å². The first-order chi connectivity index (χ1) is 14.7. The highest BCUT2D eigenvalue weighted by Gasteiger charge is 2.12. The van der Waals surface area contributed by atoms with Crippen LogP contribution < -0.4 is 10.9 Å². The van der Waals surface area contributed by atoms with Gasteiger partial charge >= 0.3 is 0 Å². The molecule has 0 saturated carbocycles. The summed E-state index contributed by atoms with van der Waals surface area (Å²) in [6.07, 6.45) is 2.51. The minimum atomic E-state index is -0.0686. The van der Waals surface area contributed by atoms with E-state index in [0.29, 0.717) is 5.56 Å². The minimum Gasteiger partial charge on any atom is -0.428 e. The number of benzene rings is 3. The largest absolute Gasteiger partial charge is 0.428 e. The van der Waals surface area contributed by atoms with Crippen LogP contribution in [0.25, 0.3) is 22.4 Å². The molecular weight excluding hydrogens is 369 g/mol. The van der Waals surface area contributed by atoms with Crippen LogP contribution in [-0.4, -0.2) is 24.6 Å². The molecule has 0 spiro atoms. The number of nitrogens with one attached hydrogen (secondary N) is 2. The Hall–Kier alpha value is -3.99. The van der Waals surface area contributed by atoms with Crippen LogP contribution in [0, 0.1) is 10.8 Å². The molecule has 0 fully saturated rings. The molecule has 1 heterocycles. The van der Waals surface area contributed by atoms with E-state index in [2.05, 4.69) is 48.7 Å². The summed E-state index contributed by atoms with van der Waals surface area (Å²) in [7, 11) is 2.10. The van der Waals surface area contributed by atoms with E-state index in [-0.39, 0.29) is 5.90 Å². The lowest BCUT2D eigenvalue weighted by Gasteiger charge is -2.12. The molecule has 1 aromatic heterocycles. The zero-order valence-electron chi connectivity index (χ0n) is 16.2. The van der Waals surface area contributed by atoms with Crippen molar-refractivity contribution < 1.29 is 4.74 Å². The summed E-state index contributed by atoms with van der Waals surface area (Å²) in [4.78, 5) is 4.48. The van der Waals surface area contributed by atoms with Crippen molar-refractivity contribution in [1.29, 1.82) is 10.8 Å². The predicted molar refractivity (Wildman–Crippen MR) is 123 cm³/mol. The summed E-state index contributed by atoms with van der Waals surface area (Å²) in [5, 5.41) is 15.0. The topological polar surface area (TPSA) is 69.8 Å². The van der Waals surface area contributed by atoms with E-state index in [1.54, 1.807) is 6.20 Å². The maximum atomic E-state index is 7.98. The van der Waals surface area contributed by atoms with Gasteiger partial charge in [-0.1, -0.05) is 83.7 Å². The van der Waals surface area contributed by atoms with Crippen LogP contribution in [0.1, 0.15) is 5.56 Å². The second kappa shape index (κ2) is 9.01. The summed E-state index contributed by atoms with van der Waals surface area (Å²) in [5.41, 5.74) is 6.74. The first-order valence-electron chi connectivity index (χ1n) is 9.55. The van der Waals surface area contributed by atoms with Crippen molar-refractivity contribution >= 4 is 30.5 Å². The molecule has 4 aromatic rings. The first kappa shape index (κ1) is 19.3. The Bertz CT molecular complexity index is 1160. The SMILES string of the molecule is N=COC(=N)c1ccc([B]c2ccc(-c3ccccc3)cc2)c(-c2ccccn2)c1. The lowest BCUT2D eigenvalue weighted by atomic mass is 9.62. The molecule has 0 amide bonds. The summed E-state index contributed by atoms with van der Waals surface area (Å²) in [6.45, 7) is 0. The normalized spacial score (nSPS) is 10.3. The molecule has 4 nitrogen and oxygen atoms in total. The van der Waals surface area contributed by atoms with Crippen LogP contribution >= 0.6 is 0 Å². The summed E-state index contributed by atoms with van der Waals surface area (Å²) >= 11 is 0. The lowest BCUT2D eigenvalue weighted by molar-refractivity contribution is 0.561. The number of ether oxygens (including phenoxy) is 1. The van der Waals surface area contributed by atoms with Gasteiger partial charge in [0.25, 0.3) is 0 Å². The minimum absolute atomic E-state index is 0.0686. The van der Waals surface area contributed by atoms with Crippen LogP contribution in [0.4, 0.5) is 0 Å². The van der Waals surface area contributed by atoms with E-state index in [4.69, 9.17) is 15.6 Å². The van der Waals surface area contributed by atoms with Gasteiger partial charge in [0.2, 0.25) is 5.90 Å². The highest BCUT2D eigenvalue weighted by molar-refractivity contribution is 6.68. The second-order valence-electron chi connectivity index (χ2n) is 6.71. The Labute approximate surface area is 176 Å². The fraction of sp³-hybridized carbons (Fsp3) is 0. The predicted octanol–water partition coefficient (Wildman–Crippen LogP) is 4.02. The van der Waals surface area contributed by atoms with E-state index in [0.717, 1.165) is 28.6 Å². The Morgan fingerprint density at radius 2 is 1.57 bits per heavy atom. The molecule has 0 aliphatic rings. The van der Waals surface area contributed by atoms with E-state index in [9.17, 15) is 0 Å². The van der Waals surface area contributed by atoms with E-state index in [1.165, 1.54) is 11.1 Å². The third kappa shape index (κ3) is 4.36. The fourth-order valence-electron chi connectivity index (χ4n) is 3.28. The molecule has 143 valence electrons. The molecule has 0 aliphatic heterocycles. The third-order valence-electron chi connectivity index (χ3n) is 4.77. The molecule has 1 radical (unpaired) electrons. The summed E-state index contributed by atoms with van der Waals surface area (Å²) in [5.74, 6) is -0.0686. The smallest absolute Gasteiger partial charge is 0.220 e. The fourth-order valence-corrected chi connectivity index (χ4v) is 3.28. The molecule has 4 rings (SSSR count). The molecular formula is C25H19BN3O. The van der Waals surface area contributed by atoms with Gasteiger partial charge in [-0.2, -0.15) is 0 Å². The van der Waals surface area contributed by atoms with Crippen molar-refractivity contribution in [1.82, 2.24) is 4.98 Å². The quantitative estimate of drug-likeness (QED) is 0.298. The number of rotatable bonds is 6. The maximum Gasteiger partial charge on any atom is 0.220 e. The second-order valence-corrected chi connectivity index (χ2v) is 6.71. The van der Waals surface area contributed by atoms with Crippen molar-refractivity contribution in [3.8, 4) is 22.4 Å². The number of hydrogen-bond acceptors (Lipinski definition) is 4. The molecule has 2 N–H and O–H groups in total. The van der Waals surface area contributed by atoms with Crippen molar-refractivity contribution in [2.75, 3.05) is 0 Å². The summed E-state index contributed by atoms with van der Waals surface area (Å²) < 4.78 is 4.93. The third-order valence-corrected chi connectivity index (χ3v) is 4.77. The van der Waals surface area contributed by atoms with E-state index >= 15 is 0 Å². The molecule has 0 aliphatic carbocycles. The number of hydrogen-bond donors (Lipinski definition) is 2. The molecule has 3 aromatic carbocycles. The zero-order chi connectivity index (χ0) is 20.8. The first-order valence-corrected chi connectivity index (χ1v) is 9.55. The van der Waals surface area contributed by atoms with Gasteiger partial charge in [-0.15, -0.1) is 0 Å². The molecule has 0 bridgehead atoms. The molecule has 5 heteroatoms. The van der Waals surface area contributed by atoms with Gasteiger partial charge in [0.05, 0.1) is 5.69 Å². The monoisotopic (exact) mass is 388 g/mol. The number of nitrogens with zero attached hydrogens (tertiary/aromatic N) is 1. The highest BCUT2D eigenvalue weighted by Crippen LogP contribution is 2.18. The standard InChI is InChI=1S/C25H19BN3O/c27-17-30-25(28)20-11-14-23(22(16-20)24-8-4-5-15-29-24)26-21-12-9-19(10-13-21)18-6-2-1-3-7-18/h1-17,27-28H. The van der Waals surface area contributed by atoms with Crippen LogP contribution in [0.15, 0.2) is 97.2 Å². The molecule has 0 unspecified atom stereocenters. The lowest BCUT2D eigenvalue weighted by Crippen LogP contribution is -2.29. The summed E-state index contributed by atoms with van der Waals surface area (Å²) in [6, 6.07) is 30.1. The Kier molecular flexibility index (Phi) is 5.81. The van der Waals surface area contributed by atoms with Crippen molar-refractivity contribution in [3.63, 3.8) is 0 Å². The van der Waals surface area contributed by atoms with Gasteiger partial charge in [0.15, 0.2) is 13.7 Å². The van der Waals surface area contributed by atoms with Gasteiger partial charge in [-0.05, 0) is 34.9 Å². The maximum absolute atomic E-state index is 7.98. The van der Waals surface area contributed by atoms with Gasteiger partial charge in [-0.25, -0.2) is 0 Å². The van der Waals surface area contributed by atoms with Crippen LogP contribution in [0.5, 0.6) is 0 Å². The zero-order valence-corrected chi connectivity index (χ0v) is 16.2. The Morgan fingerprint density at radius 1 is 0.833 bits per heavy atom. The number of aromatic nitrogens is 1. The molecule has 0 saturated heterocycles. The average Bonchev–Trinajstić information content (AvgIpc) is 2.81. The van der Waals surface area contributed by atoms with E-state index in [1.807, 2.05) is 54.6 Å². The van der Waals surface area contributed by atoms with Crippen molar-refractivity contribution in [3.05, 3.63) is 103 Å². The van der Waals surface area contributed by atoms with Gasteiger partial charge in [-0.3, -0.25) is 15.8 Å². The average molecular weight is 388 g/mol. The van der Waals surface area contributed by atoms with Crippen molar-refractivity contribution in [2.24, 2.45) is 0 Å². The van der Waals surface area contributed by atoms with E-state index < -0.39 is 0 Å². The van der Waals surface area contributed by atoms with Crippen molar-refractivity contribution in [2.45, 2.75) is 0 Å². The molecule has 0 atom stereocenters.